The first-order valence-corrected chi connectivity index (χ1v) is 6.95. The van der Waals surface area contributed by atoms with Crippen molar-refractivity contribution in [3.05, 3.63) is 63.9 Å². The van der Waals surface area contributed by atoms with E-state index in [2.05, 4.69) is 10.5 Å². The quantitative estimate of drug-likeness (QED) is 0.667. The molecular formula is C15H11Cl2FN2O2. The summed E-state index contributed by atoms with van der Waals surface area (Å²) in [5, 5.41) is 4.51. The monoisotopic (exact) mass is 340 g/mol. The highest BCUT2D eigenvalue weighted by molar-refractivity contribution is 6.33. The highest BCUT2D eigenvalue weighted by Crippen LogP contribution is 2.16. The lowest BCUT2D eigenvalue weighted by atomic mass is 10.2. The SMILES string of the molecule is O=C(COc1ccc(Cl)cc1)N/N=C/c1ccc(F)cc1Cl. The van der Waals surface area contributed by atoms with E-state index >= 15 is 0 Å². The zero-order valence-corrected chi connectivity index (χ0v) is 12.7. The number of benzene rings is 2. The number of rotatable bonds is 5. The van der Waals surface area contributed by atoms with Gasteiger partial charge in [-0.05, 0) is 42.5 Å². The molecule has 1 N–H and O–H groups in total. The summed E-state index contributed by atoms with van der Waals surface area (Å²) in [5.41, 5.74) is 2.77. The third-order valence-electron chi connectivity index (χ3n) is 2.54. The average Bonchev–Trinajstić information content (AvgIpc) is 2.49. The van der Waals surface area contributed by atoms with Gasteiger partial charge in [0, 0.05) is 10.6 Å². The number of nitrogens with one attached hydrogen (secondary N) is 1. The highest BCUT2D eigenvalue weighted by atomic mass is 35.5. The smallest absolute Gasteiger partial charge is 0.277 e. The summed E-state index contributed by atoms with van der Waals surface area (Å²) >= 11 is 11.6. The minimum atomic E-state index is -0.442. The van der Waals surface area contributed by atoms with Gasteiger partial charge >= 0.3 is 0 Å². The van der Waals surface area contributed by atoms with Gasteiger partial charge in [0.1, 0.15) is 11.6 Å². The first-order valence-electron chi connectivity index (χ1n) is 6.20. The number of hydrogen-bond donors (Lipinski definition) is 1. The molecule has 0 saturated carbocycles. The molecule has 2 aromatic carbocycles. The van der Waals surface area contributed by atoms with Gasteiger partial charge in [-0.25, -0.2) is 9.82 Å². The van der Waals surface area contributed by atoms with Crippen molar-refractivity contribution < 1.29 is 13.9 Å². The second-order valence-corrected chi connectivity index (χ2v) is 5.05. The molecule has 0 aliphatic carbocycles. The lowest BCUT2D eigenvalue weighted by molar-refractivity contribution is -0.123. The van der Waals surface area contributed by atoms with Gasteiger partial charge in [-0.15, -0.1) is 0 Å². The van der Waals surface area contributed by atoms with Crippen molar-refractivity contribution in [2.75, 3.05) is 6.61 Å². The highest BCUT2D eigenvalue weighted by Gasteiger charge is 2.02. The molecule has 0 heterocycles. The Labute approximate surface area is 136 Å². The number of nitrogens with zero attached hydrogens (tertiary/aromatic N) is 1. The Kier molecular flexibility index (Phi) is 5.75. The Morgan fingerprint density at radius 2 is 1.95 bits per heavy atom. The predicted octanol–water partition coefficient (Wildman–Crippen LogP) is 3.66. The van der Waals surface area contributed by atoms with Gasteiger partial charge in [0.05, 0.1) is 11.2 Å². The van der Waals surface area contributed by atoms with Crippen LogP contribution in [0.15, 0.2) is 47.6 Å². The Morgan fingerprint density at radius 1 is 1.23 bits per heavy atom. The third kappa shape index (κ3) is 5.02. The van der Waals surface area contributed by atoms with E-state index in [-0.39, 0.29) is 11.6 Å². The van der Waals surface area contributed by atoms with Crippen molar-refractivity contribution in [2.45, 2.75) is 0 Å². The second-order valence-electron chi connectivity index (χ2n) is 4.20. The van der Waals surface area contributed by atoms with E-state index in [1.165, 1.54) is 18.3 Å². The fraction of sp³-hybridized carbons (Fsp3) is 0.0667. The van der Waals surface area contributed by atoms with E-state index < -0.39 is 11.7 Å². The van der Waals surface area contributed by atoms with Crippen LogP contribution in [-0.2, 0) is 4.79 Å². The predicted molar refractivity (Wildman–Crippen MR) is 84.1 cm³/mol. The summed E-state index contributed by atoms with van der Waals surface area (Å²) in [6.45, 7) is -0.198. The minimum absolute atomic E-state index is 0.198. The van der Waals surface area contributed by atoms with Gasteiger partial charge in [0.2, 0.25) is 0 Å². The zero-order chi connectivity index (χ0) is 15.9. The van der Waals surface area contributed by atoms with E-state index in [1.54, 1.807) is 24.3 Å². The third-order valence-corrected chi connectivity index (χ3v) is 3.12. The fourth-order valence-electron chi connectivity index (χ4n) is 1.49. The molecule has 0 fully saturated rings. The van der Waals surface area contributed by atoms with E-state index in [9.17, 15) is 9.18 Å². The van der Waals surface area contributed by atoms with Crippen LogP contribution in [0, 0.1) is 5.82 Å². The Bertz CT molecular complexity index is 690. The van der Waals surface area contributed by atoms with Crippen LogP contribution >= 0.6 is 23.2 Å². The van der Waals surface area contributed by atoms with Gasteiger partial charge in [0.15, 0.2) is 6.61 Å². The standard InChI is InChI=1S/C15H11Cl2FN2O2/c16-11-2-5-13(6-3-11)22-9-15(21)20-19-8-10-1-4-12(18)7-14(10)17/h1-8H,9H2,(H,20,21)/b19-8+. The van der Waals surface area contributed by atoms with Crippen molar-refractivity contribution in [3.63, 3.8) is 0 Å². The largest absolute Gasteiger partial charge is 0.484 e. The minimum Gasteiger partial charge on any atom is -0.484 e. The number of hydrogen-bond acceptors (Lipinski definition) is 3. The lowest BCUT2D eigenvalue weighted by Crippen LogP contribution is -2.24. The molecule has 4 nitrogen and oxygen atoms in total. The molecule has 22 heavy (non-hydrogen) atoms. The van der Waals surface area contributed by atoms with E-state index in [0.29, 0.717) is 16.3 Å². The first-order chi connectivity index (χ1) is 10.5. The van der Waals surface area contributed by atoms with Crippen LogP contribution < -0.4 is 10.2 Å². The molecule has 2 rings (SSSR count). The molecule has 0 aliphatic heterocycles. The normalized spacial score (nSPS) is 10.7. The Balaban J connectivity index is 1.82. The summed E-state index contributed by atoms with van der Waals surface area (Å²) in [4.78, 5) is 11.5. The van der Waals surface area contributed by atoms with Gasteiger partial charge in [0.25, 0.3) is 5.91 Å². The number of amides is 1. The van der Waals surface area contributed by atoms with Gasteiger partial charge < -0.3 is 4.74 Å². The van der Waals surface area contributed by atoms with Crippen molar-refractivity contribution in [3.8, 4) is 5.75 Å². The number of halogens is 3. The van der Waals surface area contributed by atoms with Gasteiger partial charge in [-0.2, -0.15) is 5.10 Å². The molecule has 0 aliphatic rings. The molecule has 0 saturated heterocycles. The fourth-order valence-corrected chi connectivity index (χ4v) is 1.83. The van der Waals surface area contributed by atoms with Crippen LogP contribution in [0.4, 0.5) is 4.39 Å². The van der Waals surface area contributed by atoms with E-state index in [0.717, 1.165) is 6.07 Å². The molecular weight excluding hydrogens is 330 g/mol. The molecule has 2 aromatic rings. The van der Waals surface area contributed by atoms with Crippen molar-refractivity contribution in [2.24, 2.45) is 5.10 Å². The molecule has 0 aromatic heterocycles. The Hall–Kier alpha value is -2.11. The Morgan fingerprint density at radius 3 is 2.64 bits per heavy atom. The summed E-state index contributed by atoms with van der Waals surface area (Å²) in [6, 6.07) is 10.5. The lowest BCUT2D eigenvalue weighted by Gasteiger charge is -2.04. The van der Waals surface area contributed by atoms with Crippen molar-refractivity contribution in [1.82, 2.24) is 5.43 Å². The summed E-state index contributed by atoms with van der Waals surface area (Å²) in [5.74, 6) is -0.364. The van der Waals surface area contributed by atoms with Crippen molar-refractivity contribution >= 4 is 35.3 Å². The second kappa shape index (κ2) is 7.77. The number of carbonyl (C=O) groups excluding carboxylic acids is 1. The van der Waals surface area contributed by atoms with Crippen LogP contribution in [0.25, 0.3) is 0 Å². The molecule has 0 radical (unpaired) electrons. The van der Waals surface area contributed by atoms with Crippen LogP contribution in [0.5, 0.6) is 5.75 Å². The van der Waals surface area contributed by atoms with Crippen LogP contribution in [0.3, 0.4) is 0 Å². The molecule has 0 unspecified atom stereocenters. The zero-order valence-electron chi connectivity index (χ0n) is 11.2. The van der Waals surface area contributed by atoms with Crippen molar-refractivity contribution in [1.29, 1.82) is 0 Å². The molecule has 7 heteroatoms. The number of carbonyl (C=O) groups is 1. The summed E-state index contributed by atoms with van der Waals surface area (Å²) in [6.07, 6.45) is 1.32. The molecule has 0 atom stereocenters. The van der Waals surface area contributed by atoms with Crippen LogP contribution in [-0.4, -0.2) is 18.7 Å². The maximum Gasteiger partial charge on any atom is 0.277 e. The molecule has 0 spiro atoms. The van der Waals surface area contributed by atoms with Gasteiger partial charge in [-0.1, -0.05) is 23.2 Å². The molecule has 1 amide bonds. The van der Waals surface area contributed by atoms with E-state index in [1.807, 2.05) is 0 Å². The molecule has 0 bridgehead atoms. The van der Waals surface area contributed by atoms with Crippen LogP contribution in [0.2, 0.25) is 10.0 Å². The number of hydrazone groups is 1. The topological polar surface area (TPSA) is 50.7 Å². The summed E-state index contributed by atoms with van der Waals surface area (Å²) < 4.78 is 18.1. The summed E-state index contributed by atoms with van der Waals surface area (Å²) in [7, 11) is 0. The van der Waals surface area contributed by atoms with E-state index in [4.69, 9.17) is 27.9 Å². The molecule has 114 valence electrons. The number of ether oxygens (including phenoxy) is 1. The maximum absolute atomic E-state index is 12.9. The maximum atomic E-state index is 12.9. The average molecular weight is 341 g/mol. The van der Waals surface area contributed by atoms with Crippen LogP contribution in [0.1, 0.15) is 5.56 Å². The van der Waals surface area contributed by atoms with Gasteiger partial charge in [-0.3, -0.25) is 4.79 Å². The first kappa shape index (κ1) is 16.3.